The molecule has 1 unspecified atom stereocenters. The number of thiophene rings is 1. The lowest BCUT2D eigenvalue weighted by Gasteiger charge is -2.25. The van der Waals surface area contributed by atoms with Crippen molar-refractivity contribution in [3.8, 4) is 5.75 Å². The van der Waals surface area contributed by atoms with Crippen LogP contribution in [0, 0.1) is 6.92 Å². The molecular weight excluding hydrogens is 426 g/mol. The summed E-state index contributed by atoms with van der Waals surface area (Å²) >= 11 is 7.64. The number of ether oxygens (including phenoxy) is 2. The summed E-state index contributed by atoms with van der Waals surface area (Å²) in [4.78, 5) is 28.1. The second-order valence-corrected chi connectivity index (χ2v) is 8.58. The molecule has 0 spiro atoms. The lowest BCUT2D eigenvalue weighted by Crippen LogP contribution is -2.33. The summed E-state index contributed by atoms with van der Waals surface area (Å²) in [6, 6.07) is 5.98. The third kappa shape index (κ3) is 4.24. The molecule has 160 valence electrons. The summed E-state index contributed by atoms with van der Waals surface area (Å²) in [5.41, 5.74) is 1.34. The molecule has 1 fully saturated rings. The summed E-state index contributed by atoms with van der Waals surface area (Å²) < 4.78 is 10.7. The van der Waals surface area contributed by atoms with Gasteiger partial charge in [0.15, 0.2) is 0 Å². The van der Waals surface area contributed by atoms with Gasteiger partial charge >= 0.3 is 0 Å². The van der Waals surface area contributed by atoms with Crippen LogP contribution in [0.2, 0.25) is 5.02 Å². The molecule has 1 saturated heterocycles. The molecule has 1 aromatic carbocycles. The third-order valence-corrected chi connectivity index (χ3v) is 6.27. The number of aliphatic hydroxyl groups is 1. The standard InChI is InChI=1S/C22H24ClNO5S/c1-12(2)29-9-8-24-18(21-13(3)7-10-30-21)17(20(26)22(24)27)19(25)14-5-6-16(28-4)15(23)11-14/h5-7,10-12,18,25H,8-9H2,1-4H3/b19-17-. The average molecular weight is 450 g/mol. The van der Waals surface area contributed by atoms with E-state index < -0.39 is 17.7 Å². The van der Waals surface area contributed by atoms with E-state index in [9.17, 15) is 14.7 Å². The predicted molar refractivity (Wildman–Crippen MR) is 117 cm³/mol. The Morgan fingerprint density at radius 2 is 2.03 bits per heavy atom. The minimum absolute atomic E-state index is 0.00480. The van der Waals surface area contributed by atoms with Crippen LogP contribution in [0.5, 0.6) is 5.75 Å². The molecule has 6 nitrogen and oxygen atoms in total. The van der Waals surface area contributed by atoms with Crippen molar-refractivity contribution in [2.45, 2.75) is 32.9 Å². The van der Waals surface area contributed by atoms with Crippen LogP contribution in [0.4, 0.5) is 0 Å². The summed E-state index contributed by atoms with van der Waals surface area (Å²) in [5.74, 6) is -1.18. The molecule has 1 aliphatic rings. The first kappa shape index (κ1) is 22.3. The third-order valence-electron chi connectivity index (χ3n) is 4.90. The van der Waals surface area contributed by atoms with Crippen LogP contribution >= 0.6 is 22.9 Å². The van der Waals surface area contributed by atoms with Crippen LogP contribution in [0.25, 0.3) is 5.76 Å². The van der Waals surface area contributed by atoms with Crippen molar-refractivity contribution in [2.24, 2.45) is 0 Å². The molecule has 1 amide bonds. The molecule has 0 bridgehead atoms. The van der Waals surface area contributed by atoms with Crippen molar-refractivity contribution < 1.29 is 24.2 Å². The van der Waals surface area contributed by atoms with Crippen molar-refractivity contribution in [3.05, 3.63) is 56.2 Å². The van der Waals surface area contributed by atoms with Crippen molar-refractivity contribution in [2.75, 3.05) is 20.3 Å². The van der Waals surface area contributed by atoms with Crippen LogP contribution in [-0.2, 0) is 14.3 Å². The Bertz CT molecular complexity index is 997. The zero-order valence-electron chi connectivity index (χ0n) is 17.3. The van der Waals surface area contributed by atoms with Gasteiger partial charge in [0, 0.05) is 17.0 Å². The summed E-state index contributed by atoms with van der Waals surface area (Å²) in [6.07, 6.45) is 0.00480. The molecule has 0 radical (unpaired) electrons. The summed E-state index contributed by atoms with van der Waals surface area (Å²) in [7, 11) is 1.49. The molecule has 1 aliphatic heterocycles. The average Bonchev–Trinajstić information content (AvgIpc) is 3.23. The second-order valence-electron chi connectivity index (χ2n) is 7.23. The van der Waals surface area contributed by atoms with Gasteiger partial charge in [0.1, 0.15) is 11.5 Å². The van der Waals surface area contributed by atoms with Gasteiger partial charge in [-0.05, 0) is 56.0 Å². The van der Waals surface area contributed by atoms with Gasteiger partial charge in [0.25, 0.3) is 11.7 Å². The first-order chi connectivity index (χ1) is 14.3. The maximum absolute atomic E-state index is 12.9. The quantitative estimate of drug-likeness (QED) is 0.381. The Kier molecular flexibility index (Phi) is 6.85. The van der Waals surface area contributed by atoms with Gasteiger partial charge < -0.3 is 19.5 Å². The number of benzene rings is 1. The Balaban J connectivity index is 2.09. The fraction of sp³-hybridized carbons (Fsp3) is 0.364. The van der Waals surface area contributed by atoms with Crippen molar-refractivity contribution >= 4 is 40.4 Å². The topological polar surface area (TPSA) is 76.1 Å². The summed E-state index contributed by atoms with van der Waals surface area (Å²) in [5, 5.41) is 13.2. The van der Waals surface area contributed by atoms with E-state index in [1.807, 2.05) is 32.2 Å². The highest BCUT2D eigenvalue weighted by Gasteiger charge is 2.46. The van der Waals surface area contributed by atoms with E-state index in [-0.39, 0.29) is 24.0 Å². The summed E-state index contributed by atoms with van der Waals surface area (Å²) in [6.45, 7) is 6.26. The molecule has 1 N–H and O–H groups in total. The Morgan fingerprint density at radius 1 is 1.30 bits per heavy atom. The first-order valence-corrected chi connectivity index (χ1v) is 10.8. The van der Waals surface area contributed by atoms with Gasteiger partial charge in [-0.1, -0.05) is 11.6 Å². The van der Waals surface area contributed by atoms with Crippen LogP contribution in [0.1, 0.15) is 35.9 Å². The molecule has 0 saturated carbocycles. The van der Waals surface area contributed by atoms with Gasteiger partial charge in [-0.25, -0.2) is 0 Å². The van der Waals surface area contributed by atoms with Gasteiger partial charge in [-0.15, -0.1) is 11.3 Å². The Labute approximate surface area is 184 Å². The number of ketones is 1. The fourth-order valence-electron chi connectivity index (χ4n) is 3.40. The lowest BCUT2D eigenvalue weighted by atomic mass is 9.98. The molecule has 30 heavy (non-hydrogen) atoms. The smallest absolute Gasteiger partial charge is 0.295 e. The predicted octanol–water partition coefficient (Wildman–Crippen LogP) is 4.57. The number of hydrogen-bond acceptors (Lipinski definition) is 6. The monoisotopic (exact) mass is 449 g/mol. The first-order valence-electron chi connectivity index (χ1n) is 9.54. The van der Waals surface area contributed by atoms with E-state index in [2.05, 4.69) is 0 Å². The Morgan fingerprint density at radius 3 is 2.60 bits per heavy atom. The van der Waals surface area contributed by atoms with E-state index in [0.717, 1.165) is 10.4 Å². The number of hydrogen-bond donors (Lipinski definition) is 1. The highest BCUT2D eigenvalue weighted by atomic mass is 35.5. The molecular formula is C22H24ClNO5S. The number of carbonyl (C=O) groups is 2. The molecule has 2 aromatic rings. The minimum atomic E-state index is -0.721. The largest absolute Gasteiger partial charge is 0.507 e. The van der Waals surface area contributed by atoms with Gasteiger partial charge in [0.2, 0.25) is 0 Å². The molecule has 3 rings (SSSR count). The number of aliphatic hydroxyl groups excluding tert-OH is 1. The van der Waals surface area contributed by atoms with Crippen LogP contribution in [0.15, 0.2) is 35.2 Å². The number of methoxy groups -OCH3 is 1. The Hall–Kier alpha value is -2.35. The maximum atomic E-state index is 12.9. The number of Topliss-reactive ketones (excluding diaryl/α,β-unsaturated/α-hetero) is 1. The van der Waals surface area contributed by atoms with Crippen molar-refractivity contribution in [3.63, 3.8) is 0 Å². The fourth-order valence-corrected chi connectivity index (χ4v) is 4.71. The van der Waals surface area contributed by atoms with Crippen molar-refractivity contribution in [1.82, 2.24) is 4.90 Å². The highest BCUT2D eigenvalue weighted by Crippen LogP contribution is 2.43. The van der Waals surface area contributed by atoms with E-state index in [1.54, 1.807) is 12.1 Å². The van der Waals surface area contributed by atoms with Crippen molar-refractivity contribution in [1.29, 1.82) is 0 Å². The van der Waals surface area contributed by atoms with Crippen LogP contribution in [-0.4, -0.2) is 48.1 Å². The number of carbonyl (C=O) groups excluding carboxylic acids is 2. The molecule has 0 aliphatic carbocycles. The number of rotatable bonds is 7. The molecule has 2 heterocycles. The van der Waals surface area contributed by atoms with Crippen LogP contribution in [0.3, 0.4) is 0 Å². The number of halogens is 1. The number of aryl methyl sites for hydroxylation is 1. The van der Waals surface area contributed by atoms with E-state index in [4.69, 9.17) is 21.1 Å². The second kappa shape index (κ2) is 9.20. The lowest BCUT2D eigenvalue weighted by molar-refractivity contribution is -0.140. The highest BCUT2D eigenvalue weighted by molar-refractivity contribution is 7.10. The SMILES string of the molecule is COc1ccc(/C(O)=C2/C(=O)C(=O)N(CCOC(C)C)C2c2sccc2C)cc1Cl. The zero-order valence-corrected chi connectivity index (χ0v) is 18.8. The minimum Gasteiger partial charge on any atom is -0.507 e. The molecule has 8 heteroatoms. The number of amides is 1. The number of likely N-dealkylation sites (tertiary alicyclic amines) is 1. The van der Waals surface area contributed by atoms with E-state index in [1.165, 1.54) is 29.4 Å². The molecule has 1 aromatic heterocycles. The normalized spacial score (nSPS) is 18.5. The van der Waals surface area contributed by atoms with Gasteiger partial charge in [-0.2, -0.15) is 0 Å². The maximum Gasteiger partial charge on any atom is 0.295 e. The van der Waals surface area contributed by atoms with E-state index >= 15 is 0 Å². The van der Waals surface area contributed by atoms with Gasteiger partial charge in [-0.3, -0.25) is 9.59 Å². The van der Waals surface area contributed by atoms with Crippen LogP contribution < -0.4 is 4.74 Å². The molecule has 1 atom stereocenters. The zero-order chi connectivity index (χ0) is 22.0. The number of nitrogens with zero attached hydrogens (tertiary/aromatic N) is 1. The van der Waals surface area contributed by atoms with Gasteiger partial charge in [0.05, 0.1) is 36.5 Å². The van der Waals surface area contributed by atoms with E-state index in [0.29, 0.717) is 22.9 Å².